The van der Waals surface area contributed by atoms with Crippen LogP contribution in [0.1, 0.15) is 57.8 Å². The second-order valence-corrected chi connectivity index (χ2v) is 9.40. The van der Waals surface area contributed by atoms with E-state index in [0.717, 1.165) is 25.7 Å². The van der Waals surface area contributed by atoms with Crippen molar-refractivity contribution in [1.29, 1.82) is 0 Å². The second kappa shape index (κ2) is 7.41. The summed E-state index contributed by atoms with van der Waals surface area (Å²) in [5.41, 5.74) is 0. The van der Waals surface area contributed by atoms with Gasteiger partial charge in [0, 0.05) is 11.4 Å². The van der Waals surface area contributed by atoms with Crippen LogP contribution in [0.4, 0.5) is 0 Å². The number of hydrogen-bond donors (Lipinski definition) is 1. The molecule has 0 heterocycles. The second-order valence-electron chi connectivity index (χ2n) is 6.25. The molecule has 0 bridgehead atoms. The van der Waals surface area contributed by atoms with E-state index in [1.54, 1.807) is 0 Å². The van der Waals surface area contributed by atoms with Crippen LogP contribution in [0.25, 0.3) is 0 Å². The van der Waals surface area contributed by atoms with Gasteiger partial charge in [-0.15, -0.1) is 0 Å². The van der Waals surface area contributed by atoms with Crippen molar-refractivity contribution in [2.75, 3.05) is 12.3 Å². The van der Waals surface area contributed by atoms with Gasteiger partial charge in [-0.25, -0.2) is 13.1 Å². The topological polar surface area (TPSA) is 46.2 Å². The van der Waals surface area contributed by atoms with Gasteiger partial charge in [0.15, 0.2) is 0 Å². The fraction of sp³-hybridized carbons (Fsp3) is 1.00. The highest BCUT2D eigenvalue weighted by molar-refractivity contribution is 9.09. The lowest BCUT2D eigenvalue weighted by molar-refractivity contribution is 0.362. The zero-order chi connectivity index (χ0) is 13.7. The molecule has 0 aromatic carbocycles. The predicted molar refractivity (Wildman–Crippen MR) is 83.0 cm³/mol. The maximum absolute atomic E-state index is 12.1. The fourth-order valence-corrected chi connectivity index (χ4v) is 5.38. The van der Waals surface area contributed by atoms with Crippen LogP contribution in [0.15, 0.2) is 0 Å². The summed E-state index contributed by atoms with van der Waals surface area (Å²) >= 11 is 3.63. The molecule has 0 atom stereocenters. The van der Waals surface area contributed by atoms with Crippen molar-refractivity contribution in [3.63, 3.8) is 0 Å². The number of alkyl halides is 1. The summed E-state index contributed by atoms with van der Waals surface area (Å²) < 4.78 is 27.0. The van der Waals surface area contributed by atoms with Gasteiger partial charge in [0.05, 0.1) is 5.75 Å². The van der Waals surface area contributed by atoms with Gasteiger partial charge in [-0.3, -0.25) is 0 Å². The van der Waals surface area contributed by atoms with Gasteiger partial charge in [-0.05, 0) is 50.4 Å². The Balaban J connectivity index is 1.71. The van der Waals surface area contributed by atoms with Crippen LogP contribution in [-0.2, 0) is 10.0 Å². The number of rotatable bonds is 5. The van der Waals surface area contributed by atoms with Gasteiger partial charge in [0.1, 0.15) is 0 Å². The lowest BCUT2D eigenvalue weighted by Crippen LogP contribution is -2.35. The van der Waals surface area contributed by atoms with Crippen LogP contribution in [0.3, 0.4) is 0 Å². The Kier molecular flexibility index (Phi) is 6.15. The molecule has 0 radical (unpaired) electrons. The van der Waals surface area contributed by atoms with E-state index in [1.807, 2.05) is 0 Å². The number of halogens is 1. The summed E-state index contributed by atoms with van der Waals surface area (Å²) in [6, 6.07) is 0. The largest absolute Gasteiger partial charge is 0.215 e. The summed E-state index contributed by atoms with van der Waals surface area (Å²) in [5, 5.41) is 0. The molecule has 19 heavy (non-hydrogen) atoms. The molecule has 0 aromatic heterocycles. The molecule has 0 aromatic rings. The van der Waals surface area contributed by atoms with Crippen molar-refractivity contribution in [3.05, 3.63) is 0 Å². The molecule has 2 fully saturated rings. The van der Waals surface area contributed by atoms with Gasteiger partial charge in [0.2, 0.25) is 10.0 Å². The van der Waals surface area contributed by atoms with E-state index in [4.69, 9.17) is 0 Å². The zero-order valence-electron chi connectivity index (χ0n) is 11.6. The molecule has 2 aliphatic rings. The quantitative estimate of drug-likeness (QED) is 0.771. The molecule has 0 saturated heterocycles. The number of sulfonamides is 1. The molecule has 2 rings (SSSR count). The Morgan fingerprint density at radius 3 is 2.16 bits per heavy atom. The summed E-state index contributed by atoms with van der Waals surface area (Å²) in [6.07, 6.45) is 10.5. The minimum atomic E-state index is -3.06. The van der Waals surface area contributed by atoms with Crippen LogP contribution < -0.4 is 4.72 Å². The smallest absolute Gasteiger partial charge is 0.211 e. The summed E-state index contributed by atoms with van der Waals surface area (Å²) in [5.74, 6) is 1.28. The number of hydrogen-bond acceptors (Lipinski definition) is 2. The normalized spacial score (nSPS) is 30.4. The molecule has 0 aliphatic heterocycles. The van der Waals surface area contributed by atoms with Crippen LogP contribution in [-0.4, -0.2) is 25.5 Å². The van der Waals surface area contributed by atoms with E-state index in [-0.39, 0.29) is 0 Å². The average molecular weight is 352 g/mol. The lowest BCUT2D eigenvalue weighted by atomic mass is 9.89. The third-order valence-electron chi connectivity index (χ3n) is 4.55. The first-order valence-corrected chi connectivity index (χ1v) is 10.2. The van der Waals surface area contributed by atoms with Crippen molar-refractivity contribution in [2.45, 2.75) is 62.6 Å². The first-order valence-electron chi connectivity index (χ1n) is 7.66. The van der Waals surface area contributed by atoms with Crippen LogP contribution >= 0.6 is 15.9 Å². The van der Waals surface area contributed by atoms with Crippen molar-refractivity contribution < 1.29 is 8.42 Å². The molecule has 0 spiro atoms. The molecule has 112 valence electrons. The Morgan fingerprint density at radius 1 is 0.895 bits per heavy atom. The SMILES string of the molecule is O=S(=O)(CC1CCCCC1)NCC1CCC(Br)CC1. The maximum Gasteiger partial charge on any atom is 0.211 e. The van der Waals surface area contributed by atoms with Crippen molar-refractivity contribution >= 4 is 26.0 Å². The Bertz CT molecular complexity index is 358. The number of nitrogens with one attached hydrogen (secondary N) is 1. The van der Waals surface area contributed by atoms with Gasteiger partial charge < -0.3 is 0 Å². The third kappa shape index (κ3) is 5.72. The molecule has 0 amide bonds. The van der Waals surface area contributed by atoms with Gasteiger partial charge in [-0.1, -0.05) is 35.2 Å². The molecule has 5 heteroatoms. The molecule has 1 N–H and O–H groups in total. The molecule has 2 aliphatic carbocycles. The summed E-state index contributed by atoms with van der Waals surface area (Å²) in [7, 11) is -3.06. The highest BCUT2D eigenvalue weighted by Gasteiger charge is 2.24. The van der Waals surface area contributed by atoms with Crippen LogP contribution in [0.5, 0.6) is 0 Å². The van der Waals surface area contributed by atoms with Crippen LogP contribution in [0, 0.1) is 11.8 Å². The Hall–Kier alpha value is 0.390. The van der Waals surface area contributed by atoms with Crippen molar-refractivity contribution in [3.8, 4) is 0 Å². The van der Waals surface area contributed by atoms with Crippen LogP contribution in [0.2, 0.25) is 0 Å². The van der Waals surface area contributed by atoms with E-state index < -0.39 is 10.0 Å². The minimum Gasteiger partial charge on any atom is -0.215 e. The first-order chi connectivity index (χ1) is 9.05. The Labute approximate surface area is 126 Å². The molecule has 0 unspecified atom stereocenters. The van der Waals surface area contributed by atoms with E-state index >= 15 is 0 Å². The molecule has 2 saturated carbocycles. The average Bonchev–Trinajstić information content (AvgIpc) is 2.39. The van der Waals surface area contributed by atoms with E-state index in [2.05, 4.69) is 20.7 Å². The van der Waals surface area contributed by atoms with Gasteiger partial charge >= 0.3 is 0 Å². The fourth-order valence-electron chi connectivity index (χ4n) is 3.29. The highest BCUT2D eigenvalue weighted by atomic mass is 79.9. The maximum atomic E-state index is 12.1. The Morgan fingerprint density at radius 2 is 1.53 bits per heavy atom. The van der Waals surface area contributed by atoms with E-state index in [0.29, 0.717) is 29.0 Å². The lowest BCUT2D eigenvalue weighted by Gasteiger charge is -2.26. The summed E-state index contributed by atoms with van der Waals surface area (Å²) in [6.45, 7) is 0.648. The van der Waals surface area contributed by atoms with Gasteiger partial charge in [-0.2, -0.15) is 0 Å². The monoisotopic (exact) mass is 351 g/mol. The standard InChI is InChI=1S/C14H26BrNO2S/c15-14-8-6-12(7-9-14)10-16-19(17,18)11-13-4-2-1-3-5-13/h12-14,16H,1-11H2. The van der Waals surface area contributed by atoms with E-state index in [1.165, 1.54) is 32.1 Å². The van der Waals surface area contributed by atoms with E-state index in [9.17, 15) is 8.42 Å². The first kappa shape index (κ1) is 15.8. The molecule has 3 nitrogen and oxygen atoms in total. The minimum absolute atomic E-state index is 0.348. The van der Waals surface area contributed by atoms with Gasteiger partial charge in [0.25, 0.3) is 0 Å². The summed E-state index contributed by atoms with van der Waals surface area (Å²) in [4.78, 5) is 0.641. The zero-order valence-corrected chi connectivity index (χ0v) is 14.0. The van der Waals surface area contributed by atoms with Crippen molar-refractivity contribution in [1.82, 2.24) is 4.72 Å². The molecular formula is C14H26BrNO2S. The molecular weight excluding hydrogens is 326 g/mol. The van der Waals surface area contributed by atoms with Crippen molar-refractivity contribution in [2.24, 2.45) is 11.8 Å². The predicted octanol–water partition coefficient (Wildman–Crippen LogP) is 3.44. The highest BCUT2D eigenvalue weighted by Crippen LogP contribution is 2.28. The third-order valence-corrected chi connectivity index (χ3v) is 6.98.